The Morgan fingerprint density at radius 1 is 1.33 bits per heavy atom. The van der Waals surface area contributed by atoms with Gasteiger partial charge in [-0.15, -0.1) is 0 Å². The number of urea groups is 1. The van der Waals surface area contributed by atoms with E-state index in [9.17, 15) is 4.79 Å². The molecule has 0 saturated carbocycles. The monoisotopic (exact) mass is 289 g/mol. The van der Waals surface area contributed by atoms with Gasteiger partial charge >= 0.3 is 6.03 Å². The maximum atomic E-state index is 12.3. The van der Waals surface area contributed by atoms with E-state index in [1.54, 1.807) is 0 Å². The molecule has 0 aromatic heterocycles. The zero-order chi connectivity index (χ0) is 15.6. The molecule has 1 aromatic carbocycles. The lowest BCUT2D eigenvalue weighted by Gasteiger charge is -2.27. The van der Waals surface area contributed by atoms with Crippen LogP contribution < -0.4 is 11.1 Å². The summed E-state index contributed by atoms with van der Waals surface area (Å²) in [6.07, 6.45) is 1.08. The maximum Gasteiger partial charge on any atom is 0.321 e. The lowest BCUT2D eigenvalue weighted by molar-refractivity contribution is 0.208. The summed E-state index contributed by atoms with van der Waals surface area (Å²) in [5.74, 6) is 0.573. The second-order valence-corrected chi connectivity index (χ2v) is 7.14. The molecule has 1 fully saturated rings. The van der Waals surface area contributed by atoms with Gasteiger partial charge in [0.05, 0.1) is 0 Å². The number of likely N-dealkylation sites (tertiary alicyclic amines) is 1. The zero-order valence-electron chi connectivity index (χ0n) is 13.5. The van der Waals surface area contributed by atoms with E-state index in [0.29, 0.717) is 5.92 Å². The van der Waals surface area contributed by atoms with Gasteiger partial charge in [0.1, 0.15) is 0 Å². The summed E-state index contributed by atoms with van der Waals surface area (Å²) in [6.45, 7) is 10.4. The first-order valence-electron chi connectivity index (χ1n) is 7.69. The molecule has 1 aromatic rings. The Hall–Kier alpha value is -1.55. The molecule has 2 unspecified atom stereocenters. The number of hydrogen-bond donors (Lipinski definition) is 2. The molecule has 1 heterocycles. The first-order chi connectivity index (χ1) is 9.77. The van der Waals surface area contributed by atoms with E-state index >= 15 is 0 Å². The first-order valence-corrected chi connectivity index (χ1v) is 7.69. The normalized spacial score (nSPS) is 20.4. The molecule has 0 aliphatic carbocycles. The summed E-state index contributed by atoms with van der Waals surface area (Å²) in [5, 5.41) is 2.97. The van der Waals surface area contributed by atoms with Crippen LogP contribution in [0.1, 0.15) is 45.7 Å². The minimum absolute atomic E-state index is 0.00435. The van der Waals surface area contributed by atoms with Crippen molar-refractivity contribution in [2.45, 2.75) is 40.2 Å². The molecule has 2 atom stereocenters. The van der Waals surface area contributed by atoms with Crippen LogP contribution in [0.3, 0.4) is 0 Å². The Morgan fingerprint density at radius 2 is 1.95 bits per heavy atom. The Morgan fingerprint density at radius 3 is 2.43 bits per heavy atom. The van der Waals surface area contributed by atoms with E-state index in [4.69, 9.17) is 5.73 Å². The van der Waals surface area contributed by atoms with E-state index in [1.807, 2.05) is 36.1 Å². The minimum atomic E-state index is -0.00435. The fourth-order valence-electron chi connectivity index (χ4n) is 2.72. The molecule has 3 N–H and O–H groups in total. The molecule has 1 aliphatic rings. The highest BCUT2D eigenvalue weighted by atomic mass is 16.2. The Labute approximate surface area is 127 Å². The average molecular weight is 289 g/mol. The third kappa shape index (κ3) is 3.97. The third-order valence-electron chi connectivity index (χ3n) is 4.39. The van der Waals surface area contributed by atoms with Crippen molar-refractivity contribution in [2.24, 2.45) is 17.1 Å². The molecule has 0 bridgehead atoms. The van der Waals surface area contributed by atoms with Gasteiger partial charge in [0.2, 0.25) is 0 Å². The predicted octanol–water partition coefficient (Wildman–Crippen LogP) is 3.61. The number of amides is 2. The second-order valence-electron chi connectivity index (χ2n) is 7.14. The number of hydrogen-bond acceptors (Lipinski definition) is 2. The van der Waals surface area contributed by atoms with Gasteiger partial charge in [0.25, 0.3) is 0 Å². The van der Waals surface area contributed by atoms with Gasteiger partial charge in [-0.1, -0.05) is 32.9 Å². The number of carbonyl (C=O) groups excluding carboxylic acids is 1. The molecule has 0 radical (unpaired) electrons. The van der Waals surface area contributed by atoms with Crippen LogP contribution in [0.2, 0.25) is 0 Å². The summed E-state index contributed by atoms with van der Waals surface area (Å²) in [4.78, 5) is 14.2. The fraction of sp³-hybridized carbons (Fsp3) is 0.588. The standard InChI is InChI=1S/C17H27N3O/c1-12(18)13-5-7-15(8-6-13)19-16(21)20-10-9-14(11-20)17(2,3)4/h5-8,12,14H,9-11,18H2,1-4H3,(H,19,21). The molecule has 4 nitrogen and oxygen atoms in total. The number of benzene rings is 1. The smallest absolute Gasteiger partial charge is 0.321 e. The van der Waals surface area contributed by atoms with Crippen LogP contribution in [-0.2, 0) is 0 Å². The lowest BCUT2D eigenvalue weighted by atomic mass is 9.80. The Balaban J connectivity index is 1.93. The van der Waals surface area contributed by atoms with Crippen molar-refractivity contribution in [3.8, 4) is 0 Å². The van der Waals surface area contributed by atoms with Gasteiger partial charge in [0, 0.05) is 24.8 Å². The Bertz CT molecular complexity index is 488. The summed E-state index contributed by atoms with van der Waals surface area (Å²) in [6, 6.07) is 7.75. The highest BCUT2D eigenvalue weighted by Crippen LogP contribution is 2.33. The molecular weight excluding hydrogens is 262 g/mol. The number of anilines is 1. The largest absolute Gasteiger partial charge is 0.324 e. The van der Waals surface area contributed by atoms with E-state index in [2.05, 4.69) is 26.1 Å². The number of carbonyl (C=O) groups is 1. The number of rotatable bonds is 2. The van der Waals surface area contributed by atoms with Crippen molar-refractivity contribution >= 4 is 11.7 Å². The van der Waals surface area contributed by atoms with Gasteiger partial charge in [-0.05, 0) is 42.4 Å². The molecule has 0 spiro atoms. The van der Waals surface area contributed by atoms with Crippen molar-refractivity contribution in [3.63, 3.8) is 0 Å². The van der Waals surface area contributed by atoms with Crippen molar-refractivity contribution in [1.29, 1.82) is 0 Å². The molecule has 4 heteroatoms. The second kappa shape index (κ2) is 6.06. The minimum Gasteiger partial charge on any atom is -0.324 e. The topological polar surface area (TPSA) is 58.4 Å². The van der Waals surface area contributed by atoms with Crippen LogP contribution in [0.5, 0.6) is 0 Å². The highest BCUT2D eigenvalue weighted by molar-refractivity contribution is 5.89. The van der Waals surface area contributed by atoms with Crippen molar-refractivity contribution in [1.82, 2.24) is 4.90 Å². The van der Waals surface area contributed by atoms with Crippen LogP contribution in [0.15, 0.2) is 24.3 Å². The van der Waals surface area contributed by atoms with E-state index in [1.165, 1.54) is 0 Å². The van der Waals surface area contributed by atoms with Gasteiger partial charge in [-0.25, -0.2) is 4.79 Å². The summed E-state index contributed by atoms with van der Waals surface area (Å²) in [7, 11) is 0. The molecular formula is C17H27N3O. The summed E-state index contributed by atoms with van der Waals surface area (Å²) in [5.41, 5.74) is 7.98. The van der Waals surface area contributed by atoms with Crippen molar-refractivity contribution in [3.05, 3.63) is 29.8 Å². The zero-order valence-corrected chi connectivity index (χ0v) is 13.5. The summed E-state index contributed by atoms with van der Waals surface area (Å²) < 4.78 is 0. The van der Waals surface area contributed by atoms with Gasteiger partial charge in [-0.2, -0.15) is 0 Å². The predicted molar refractivity (Wildman–Crippen MR) is 87.2 cm³/mol. The molecule has 1 saturated heterocycles. The fourth-order valence-corrected chi connectivity index (χ4v) is 2.72. The van der Waals surface area contributed by atoms with Gasteiger partial charge < -0.3 is 16.0 Å². The first kappa shape index (κ1) is 15.8. The van der Waals surface area contributed by atoms with Crippen LogP contribution in [-0.4, -0.2) is 24.0 Å². The number of nitrogens with zero attached hydrogens (tertiary/aromatic N) is 1. The van der Waals surface area contributed by atoms with Crippen LogP contribution >= 0.6 is 0 Å². The highest BCUT2D eigenvalue weighted by Gasteiger charge is 2.33. The number of nitrogens with one attached hydrogen (secondary N) is 1. The van der Waals surface area contributed by atoms with Gasteiger partial charge in [-0.3, -0.25) is 0 Å². The third-order valence-corrected chi connectivity index (χ3v) is 4.39. The quantitative estimate of drug-likeness (QED) is 0.874. The van der Waals surface area contributed by atoms with Crippen LogP contribution in [0.4, 0.5) is 10.5 Å². The lowest BCUT2D eigenvalue weighted by Crippen LogP contribution is -2.34. The number of nitrogens with two attached hydrogens (primary N) is 1. The molecule has 116 valence electrons. The molecule has 2 rings (SSSR count). The van der Waals surface area contributed by atoms with Crippen molar-refractivity contribution < 1.29 is 4.79 Å². The molecule has 1 aliphatic heterocycles. The maximum absolute atomic E-state index is 12.3. The van der Waals surface area contributed by atoms with E-state index in [0.717, 1.165) is 30.8 Å². The summed E-state index contributed by atoms with van der Waals surface area (Å²) >= 11 is 0. The van der Waals surface area contributed by atoms with Crippen LogP contribution in [0, 0.1) is 11.3 Å². The van der Waals surface area contributed by atoms with Crippen LogP contribution in [0.25, 0.3) is 0 Å². The molecule has 21 heavy (non-hydrogen) atoms. The Kier molecular flexibility index (Phi) is 4.57. The average Bonchev–Trinajstić information content (AvgIpc) is 2.88. The molecule has 2 amide bonds. The van der Waals surface area contributed by atoms with E-state index in [-0.39, 0.29) is 17.5 Å². The van der Waals surface area contributed by atoms with Gasteiger partial charge in [0.15, 0.2) is 0 Å². The van der Waals surface area contributed by atoms with E-state index < -0.39 is 0 Å². The SMILES string of the molecule is CC(N)c1ccc(NC(=O)N2CCC(C(C)(C)C)C2)cc1. The van der Waals surface area contributed by atoms with Crippen molar-refractivity contribution in [2.75, 3.05) is 18.4 Å².